The zero-order valence-electron chi connectivity index (χ0n) is 23.3. The quantitative estimate of drug-likeness (QED) is 0.216. The number of carbonyl (C=O) groups is 1. The molecule has 0 aliphatic carbocycles. The highest BCUT2D eigenvalue weighted by Crippen LogP contribution is 2.36. The molecule has 206 valence electrons. The number of halogens is 2. The maximum Gasteiger partial charge on any atom is 0.276 e. The van der Waals surface area contributed by atoms with Crippen LogP contribution in [0.25, 0.3) is 0 Å². The van der Waals surface area contributed by atoms with E-state index in [1.807, 2.05) is 20.8 Å². The van der Waals surface area contributed by atoms with E-state index in [9.17, 15) is 9.90 Å². The molecule has 1 N–H and O–H groups in total. The summed E-state index contributed by atoms with van der Waals surface area (Å²) in [6.45, 7) is 18.0. The Bertz CT molecular complexity index is 1070. The van der Waals surface area contributed by atoms with Crippen LogP contribution in [0.5, 0.6) is 11.6 Å². The smallest absolute Gasteiger partial charge is 0.276 e. The van der Waals surface area contributed by atoms with Crippen LogP contribution in [-0.2, 0) is 10.8 Å². The van der Waals surface area contributed by atoms with Crippen molar-refractivity contribution in [1.82, 2.24) is 14.9 Å². The van der Waals surface area contributed by atoms with Crippen LogP contribution in [0, 0.1) is 0 Å². The summed E-state index contributed by atoms with van der Waals surface area (Å²) in [5, 5.41) is 11.6. The number of nitrogens with zero attached hydrogens (tertiary/aromatic N) is 3. The minimum atomic E-state index is -1.98. The molecule has 1 aromatic carbocycles. The third kappa shape index (κ3) is 8.30. The summed E-state index contributed by atoms with van der Waals surface area (Å²) in [6, 6.07) is 5.15. The molecular weight excluding hydrogens is 529 g/mol. The first-order valence-electron chi connectivity index (χ1n) is 12.8. The molecule has 2 aromatic rings. The van der Waals surface area contributed by atoms with Gasteiger partial charge in [0.25, 0.3) is 11.8 Å². The van der Waals surface area contributed by atoms with E-state index in [2.05, 4.69) is 43.8 Å². The first kappa shape index (κ1) is 31.3. The second-order valence-corrected chi connectivity index (χ2v) is 16.5. The summed E-state index contributed by atoms with van der Waals surface area (Å²) in [6.07, 6.45) is 1.86. The first-order valence-corrected chi connectivity index (χ1v) is 16.5. The molecule has 0 spiro atoms. The van der Waals surface area contributed by atoms with Gasteiger partial charge in [-0.05, 0) is 50.0 Å². The number of hydrogen-bond donors (Lipinski definition) is 1. The maximum atomic E-state index is 13.8. The van der Waals surface area contributed by atoms with Gasteiger partial charge in [0.15, 0.2) is 14.0 Å². The standard InChI is InChI=1S/C27H41Cl2N3O4Si/c1-9-10-15-35-24-23(26(34)32(18(2)3)14-16-36-37(7,8)27(4,5)6)30-21(31-25(24)33)17-19-12-11-13-20(28)22(19)29/h11-13,18H,9-10,14-17H2,1-8H3,(H,30,31,33). The molecule has 2 rings (SSSR count). The lowest BCUT2D eigenvalue weighted by atomic mass is 10.1. The van der Waals surface area contributed by atoms with E-state index in [0.29, 0.717) is 35.4 Å². The van der Waals surface area contributed by atoms with Gasteiger partial charge in [-0.25, -0.2) is 4.98 Å². The molecular formula is C27H41Cl2N3O4Si. The summed E-state index contributed by atoms with van der Waals surface area (Å²) in [5.41, 5.74) is 0.716. The highest BCUT2D eigenvalue weighted by Gasteiger charge is 2.37. The van der Waals surface area contributed by atoms with Crippen LogP contribution in [-0.4, -0.2) is 60.0 Å². The van der Waals surface area contributed by atoms with Crippen molar-refractivity contribution in [2.24, 2.45) is 0 Å². The van der Waals surface area contributed by atoms with Crippen LogP contribution in [0.2, 0.25) is 28.2 Å². The number of unbranched alkanes of at least 4 members (excludes halogenated alkanes) is 1. The molecule has 0 atom stereocenters. The minimum Gasteiger partial charge on any atom is -0.491 e. The third-order valence-electron chi connectivity index (χ3n) is 6.71. The average molecular weight is 571 g/mol. The normalized spacial score (nSPS) is 12.2. The topological polar surface area (TPSA) is 84.8 Å². The van der Waals surface area contributed by atoms with Crippen molar-refractivity contribution < 1.29 is 19.1 Å². The number of rotatable bonds is 12. The molecule has 0 saturated carbocycles. The lowest BCUT2D eigenvalue weighted by Gasteiger charge is -2.37. The largest absolute Gasteiger partial charge is 0.491 e. The highest BCUT2D eigenvalue weighted by atomic mass is 35.5. The Labute approximate surface area is 232 Å². The van der Waals surface area contributed by atoms with Crippen LogP contribution in [0.1, 0.15) is 76.3 Å². The van der Waals surface area contributed by atoms with Gasteiger partial charge in [-0.3, -0.25) is 4.79 Å². The van der Waals surface area contributed by atoms with Crippen molar-refractivity contribution in [1.29, 1.82) is 0 Å². The van der Waals surface area contributed by atoms with Gasteiger partial charge in [-0.1, -0.05) is 69.5 Å². The van der Waals surface area contributed by atoms with Crippen molar-refractivity contribution in [3.63, 3.8) is 0 Å². The fraction of sp³-hybridized carbons (Fsp3) is 0.593. The summed E-state index contributed by atoms with van der Waals surface area (Å²) in [4.78, 5) is 24.3. The Kier molecular flexibility index (Phi) is 11.2. The van der Waals surface area contributed by atoms with E-state index in [4.69, 9.17) is 32.4 Å². The molecule has 1 heterocycles. The fourth-order valence-corrected chi connectivity index (χ4v) is 4.78. The van der Waals surface area contributed by atoms with E-state index in [-0.39, 0.29) is 46.6 Å². The van der Waals surface area contributed by atoms with E-state index >= 15 is 0 Å². The second-order valence-electron chi connectivity index (χ2n) is 10.9. The Hall–Kier alpha value is -1.87. The number of benzene rings is 1. The molecule has 0 bridgehead atoms. The molecule has 37 heavy (non-hydrogen) atoms. The molecule has 7 nitrogen and oxygen atoms in total. The summed E-state index contributed by atoms with van der Waals surface area (Å²) in [5.74, 6) is -0.482. The molecule has 0 radical (unpaired) electrons. The van der Waals surface area contributed by atoms with Gasteiger partial charge in [0, 0.05) is 19.0 Å². The molecule has 0 unspecified atom stereocenters. The molecule has 0 aliphatic heterocycles. The summed E-state index contributed by atoms with van der Waals surface area (Å²) in [7, 11) is -1.98. The maximum absolute atomic E-state index is 13.8. The summed E-state index contributed by atoms with van der Waals surface area (Å²) < 4.78 is 12.1. The SMILES string of the molecule is CCCCOc1c(O)nc(Cc2cccc(Cl)c2Cl)nc1C(=O)N(CCO[Si](C)(C)C(C)(C)C)C(C)C. The lowest BCUT2D eigenvalue weighted by molar-refractivity contribution is 0.0657. The first-order chi connectivity index (χ1) is 17.2. The number of amides is 1. The van der Waals surface area contributed by atoms with Crippen LogP contribution < -0.4 is 4.74 Å². The van der Waals surface area contributed by atoms with Gasteiger partial charge in [-0.2, -0.15) is 4.98 Å². The zero-order valence-corrected chi connectivity index (χ0v) is 25.8. The van der Waals surface area contributed by atoms with E-state index in [1.54, 1.807) is 23.1 Å². The Morgan fingerprint density at radius 1 is 1.16 bits per heavy atom. The summed E-state index contributed by atoms with van der Waals surface area (Å²) >= 11 is 12.5. The average Bonchev–Trinajstić information content (AvgIpc) is 2.79. The minimum absolute atomic E-state index is 0.00430. The van der Waals surface area contributed by atoms with Gasteiger partial charge < -0.3 is 19.2 Å². The predicted octanol–water partition coefficient (Wildman–Crippen LogP) is 7.13. The third-order valence-corrected chi connectivity index (χ3v) is 12.1. The number of hydrogen-bond acceptors (Lipinski definition) is 6. The van der Waals surface area contributed by atoms with Crippen LogP contribution in [0.15, 0.2) is 18.2 Å². The molecule has 1 aromatic heterocycles. The Morgan fingerprint density at radius 2 is 1.84 bits per heavy atom. The molecule has 10 heteroatoms. The van der Waals surface area contributed by atoms with Crippen LogP contribution in [0.4, 0.5) is 0 Å². The Balaban J connectivity index is 2.41. The van der Waals surface area contributed by atoms with Gasteiger partial charge in [-0.15, -0.1) is 0 Å². The lowest BCUT2D eigenvalue weighted by Crippen LogP contribution is -2.45. The molecule has 1 amide bonds. The zero-order chi connectivity index (χ0) is 28.0. The van der Waals surface area contributed by atoms with Gasteiger partial charge in [0.05, 0.1) is 23.3 Å². The van der Waals surface area contributed by atoms with Gasteiger partial charge in [0.2, 0.25) is 5.75 Å². The van der Waals surface area contributed by atoms with Crippen molar-refractivity contribution in [3.8, 4) is 11.6 Å². The van der Waals surface area contributed by atoms with E-state index in [1.165, 1.54) is 0 Å². The van der Waals surface area contributed by atoms with Crippen molar-refractivity contribution in [3.05, 3.63) is 45.3 Å². The van der Waals surface area contributed by atoms with E-state index < -0.39 is 8.32 Å². The number of aromatic nitrogens is 2. The van der Waals surface area contributed by atoms with Crippen LogP contribution in [0.3, 0.4) is 0 Å². The van der Waals surface area contributed by atoms with Crippen molar-refractivity contribution in [2.45, 2.75) is 85.0 Å². The van der Waals surface area contributed by atoms with Gasteiger partial charge in [0.1, 0.15) is 5.82 Å². The van der Waals surface area contributed by atoms with Crippen LogP contribution >= 0.6 is 23.2 Å². The Morgan fingerprint density at radius 3 is 2.43 bits per heavy atom. The highest BCUT2D eigenvalue weighted by molar-refractivity contribution is 6.74. The predicted molar refractivity (Wildman–Crippen MR) is 153 cm³/mol. The van der Waals surface area contributed by atoms with Crippen molar-refractivity contribution in [2.75, 3.05) is 19.8 Å². The number of ether oxygens (including phenoxy) is 1. The molecule has 0 aliphatic rings. The second kappa shape index (κ2) is 13.3. The number of aromatic hydroxyl groups is 1. The van der Waals surface area contributed by atoms with Crippen molar-refractivity contribution >= 4 is 37.4 Å². The molecule has 0 fully saturated rings. The molecule has 0 saturated heterocycles. The fourth-order valence-electron chi connectivity index (χ4n) is 3.36. The monoisotopic (exact) mass is 569 g/mol. The number of carbonyl (C=O) groups excluding carboxylic acids is 1. The van der Waals surface area contributed by atoms with E-state index in [0.717, 1.165) is 12.8 Å². The van der Waals surface area contributed by atoms with Gasteiger partial charge >= 0.3 is 0 Å².